The molecular formula is C17H17N3O4S2. The van der Waals surface area contributed by atoms with E-state index >= 15 is 0 Å². The topological polar surface area (TPSA) is 80.2 Å². The summed E-state index contributed by atoms with van der Waals surface area (Å²) in [5.74, 6) is 0.828. The minimum Gasteiger partial charge on any atom is -0.497 e. The van der Waals surface area contributed by atoms with Gasteiger partial charge in [-0.05, 0) is 23.6 Å². The van der Waals surface area contributed by atoms with Crippen LogP contribution >= 0.6 is 23.1 Å². The molecule has 136 valence electrons. The van der Waals surface area contributed by atoms with E-state index in [1.165, 1.54) is 26.0 Å². The fraction of sp³-hybridized carbons (Fsp3) is 0.235. The van der Waals surface area contributed by atoms with Gasteiger partial charge in [0.15, 0.2) is 5.17 Å². The summed E-state index contributed by atoms with van der Waals surface area (Å²) in [6.07, 6.45) is 0. The lowest BCUT2D eigenvalue weighted by Crippen LogP contribution is -2.31. The standard InChI is InChI=1S/C17H17N3O4S2/c1-23-11-5-6-13(14(8-11)24-2)16(22)18-19-17-20(15(21)10-26-17)9-12-4-3-7-25-12/h3-8H,9-10H2,1-2H3,(H,18,22)/b19-17-. The number of thioether (sulfide) groups is 1. The number of hydrogen-bond donors (Lipinski definition) is 1. The Hall–Kier alpha value is -2.52. The summed E-state index contributed by atoms with van der Waals surface area (Å²) in [7, 11) is 3.02. The van der Waals surface area contributed by atoms with Crippen molar-refractivity contribution in [1.29, 1.82) is 0 Å². The largest absolute Gasteiger partial charge is 0.497 e. The van der Waals surface area contributed by atoms with Gasteiger partial charge in [0.2, 0.25) is 5.91 Å². The van der Waals surface area contributed by atoms with E-state index in [0.29, 0.717) is 34.5 Å². The molecule has 0 saturated carbocycles. The number of nitrogens with zero attached hydrogens (tertiary/aromatic N) is 2. The van der Waals surface area contributed by atoms with E-state index < -0.39 is 5.91 Å². The zero-order valence-corrected chi connectivity index (χ0v) is 15.9. The Morgan fingerprint density at radius 2 is 2.15 bits per heavy atom. The van der Waals surface area contributed by atoms with Gasteiger partial charge >= 0.3 is 0 Å². The van der Waals surface area contributed by atoms with E-state index in [4.69, 9.17) is 9.47 Å². The molecule has 2 aromatic rings. The van der Waals surface area contributed by atoms with Gasteiger partial charge in [-0.1, -0.05) is 17.8 Å². The van der Waals surface area contributed by atoms with Crippen LogP contribution in [0.5, 0.6) is 11.5 Å². The lowest BCUT2D eigenvalue weighted by atomic mass is 10.2. The van der Waals surface area contributed by atoms with E-state index in [-0.39, 0.29) is 5.91 Å². The summed E-state index contributed by atoms with van der Waals surface area (Å²) >= 11 is 2.87. The highest BCUT2D eigenvalue weighted by molar-refractivity contribution is 8.15. The Bertz CT molecular complexity index is 837. The molecule has 2 amide bonds. The molecule has 0 unspecified atom stereocenters. The Balaban J connectivity index is 1.73. The van der Waals surface area contributed by atoms with Crippen LogP contribution < -0.4 is 14.9 Å². The lowest BCUT2D eigenvalue weighted by molar-refractivity contribution is -0.124. The summed E-state index contributed by atoms with van der Waals surface area (Å²) in [5.41, 5.74) is 2.83. The van der Waals surface area contributed by atoms with E-state index in [0.717, 1.165) is 4.88 Å². The molecule has 9 heteroatoms. The lowest BCUT2D eigenvalue weighted by Gasteiger charge is -2.15. The number of hydrazone groups is 1. The number of nitrogens with one attached hydrogen (secondary N) is 1. The van der Waals surface area contributed by atoms with E-state index in [1.807, 2.05) is 17.5 Å². The Morgan fingerprint density at radius 3 is 2.85 bits per heavy atom. The van der Waals surface area contributed by atoms with Crippen LogP contribution in [0.2, 0.25) is 0 Å². The minimum absolute atomic E-state index is 0.0292. The van der Waals surface area contributed by atoms with Gasteiger partial charge in [0, 0.05) is 10.9 Å². The van der Waals surface area contributed by atoms with Crippen molar-refractivity contribution in [2.45, 2.75) is 6.54 Å². The third kappa shape index (κ3) is 4.00. The van der Waals surface area contributed by atoms with Crippen LogP contribution in [0.1, 0.15) is 15.2 Å². The van der Waals surface area contributed by atoms with Crippen LogP contribution in [0.15, 0.2) is 40.8 Å². The van der Waals surface area contributed by atoms with E-state index in [1.54, 1.807) is 34.4 Å². The zero-order chi connectivity index (χ0) is 18.5. The summed E-state index contributed by atoms with van der Waals surface area (Å²) in [6.45, 7) is 0.448. The van der Waals surface area contributed by atoms with Crippen LogP contribution in [0.3, 0.4) is 0 Å². The number of amidine groups is 1. The highest BCUT2D eigenvalue weighted by atomic mass is 32.2. The maximum atomic E-state index is 12.4. The SMILES string of the molecule is COc1ccc(C(=O)N/N=C2\SCC(=O)N2Cc2cccs2)c(OC)c1. The molecule has 1 aromatic carbocycles. The van der Waals surface area contributed by atoms with E-state index in [9.17, 15) is 9.59 Å². The molecule has 1 aliphatic heterocycles. The predicted octanol–water partition coefficient (Wildman–Crippen LogP) is 2.54. The van der Waals surface area contributed by atoms with Gasteiger partial charge in [-0.15, -0.1) is 16.4 Å². The number of hydrogen-bond acceptors (Lipinski definition) is 7. The molecule has 0 aliphatic carbocycles. The molecule has 0 spiro atoms. The molecule has 1 saturated heterocycles. The third-order valence-electron chi connectivity index (χ3n) is 3.66. The molecule has 7 nitrogen and oxygen atoms in total. The normalized spacial score (nSPS) is 15.4. The first-order valence-corrected chi connectivity index (χ1v) is 9.54. The maximum Gasteiger partial charge on any atom is 0.275 e. The first-order valence-electron chi connectivity index (χ1n) is 7.68. The Morgan fingerprint density at radius 1 is 1.31 bits per heavy atom. The molecule has 3 rings (SSSR count). The second kappa shape index (κ2) is 8.24. The van der Waals surface area contributed by atoms with Gasteiger partial charge in [-0.3, -0.25) is 14.5 Å². The summed E-state index contributed by atoms with van der Waals surface area (Å²) in [4.78, 5) is 27.1. The Kier molecular flexibility index (Phi) is 5.79. The van der Waals surface area contributed by atoms with E-state index in [2.05, 4.69) is 10.5 Å². The van der Waals surface area contributed by atoms with Crippen LogP contribution in [-0.4, -0.2) is 41.9 Å². The van der Waals surface area contributed by atoms with Crippen LogP contribution in [0.25, 0.3) is 0 Å². The van der Waals surface area contributed by atoms with Crippen molar-refractivity contribution in [3.8, 4) is 11.5 Å². The first-order chi connectivity index (χ1) is 12.6. The molecular weight excluding hydrogens is 374 g/mol. The average Bonchev–Trinajstić information content (AvgIpc) is 3.30. The zero-order valence-electron chi connectivity index (χ0n) is 14.2. The van der Waals surface area contributed by atoms with Crippen molar-refractivity contribution in [3.63, 3.8) is 0 Å². The molecule has 0 radical (unpaired) electrons. The number of thiophene rings is 1. The summed E-state index contributed by atoms with van der Waals surface area (Å²) < 4.78 is 10.4. The number of carbonyl (C=O) groups excluding carboxylic acids is 2. The molecule has 0 bridgehead atoms. The van der Waals surface area contributed by atoms with Crippen molar-refractivity contribution in [2.75, 3.05) is 20.0 Å². The maximum absolute atomic E-state index is 12.4. The molecule has 0 atom stereocenters. The van der Waals surface area contributed by atoms with Crippen LogP contribution in [-0.2, 0) is 11.3 Å². The molecule has 1 aliphatic rings. The highest BCUT2D eigenvalue weighted by Crippen LogP contribution is 2.25. The van der Waals surface area contributed by atoms with Crippen molar-refractivity contribution in [3.05, 3.63) is 46.2 Å². The monoisotopic (exact) mass is 391 g/mol. The van der Waals surface area contributed by atoms with Crippen molar-refractivity contribution in [1.82, 2.24) is 10.3 Å². The average molecular weight is 391 g/mol. The van der Waals surface area contributed by atoms with Crippen LogP contribution in [0, 0.1) is 0 Å². The van der Waals surface area contributed by atoms with Gasteiger partial charge in [0.05, 0.1) is 32.1 Å². The second-order valence-corrected chi connectivity index (χ2v) is 7.22. The molecule has 1 N–H and O–H groups in total. The fourth-order valence-electron chi connectivity index (χ4n) is 2.34. The molecule has 1 aromatic heterocycles. The molecule has 2 heterocycles. The van der Waals surface area contributed by atoms with Crippen LogP contribution in [0.4, 0.5) is 0 Å². The number of rotatable bonds is 6. The molecule has 1 fully saturated rings. The fourth-order valence-corrected chi connectivity index (χ4v) is 3.87. The quantitative estimate of drug-likeness (QED) is 0.766. The van der Waals surface area contributed by atoms with Gasteiger partial charge in [0.1, 0.15) is 11.5 Å². The number of benzene rings is 1. The van der Waals surface area contributed by atoms with Crippen molar-refractivity contribution in [2.24, 2.45) is 5.10 Å². The predicted molar refractivity (Wildman–Crippen MR) is 102 cm³/mol. The van der Waals surface area contributed by atoms with Crippen molar-refractivity contribution < 1.29 is 19.1 Å². The number of ether oxygens (including phenoxy) is 2. The first kappa shape index (κ1) is 18.3. The van der Waals surface area contributed by atoms with Gasteiger partial charge in [-0.2, -0.15) is 0 Å². The smallest absolute Gasteiger partial charge is 0.275 e. The van der Waals surface area contributed by atoms with Crippen molar-refractivity contribution >= 4 is 40.1 Å². The Labute approximate surface area is 159 Å². The number of carbonyl (C=O) groups is 2. The summed E-state index contributed by atoms with van der Waals surface area (Å²) in [5, 5.41) is 6.56. The highest BCUT2D eigenvalue weighted by Gasteiger charge is 2.29. The molecule has 26 heavy (non-hydrogen) atoms. The van der Waals surface area contributed by atoms with Gasteiger partial charge in [-0.25, -0.2) is 5.43 Å². The van der Waals surface area contributed by atoms with Gasteiger partial charge in [0.25, 0.3) is 5.91 Å². The van der Waals surface area contributed by atoms with Gasteiger partial charge < -0.3 is 9.47 Å². The summed E-state index contributed by atoms with van der Waals surface area (Å²) in [6, 6.07) is 8.78. The third-order valence-corrected chi connectivity index (χ3v) is 5.48. The minimum atomic E-state index is -0.423. The number of amides is 2. The number of methoxy groups -OCH3 is 2. The second-order valence-electron chi connectivity index (χ2n) is 5.25.